The number of amides is 1. The predicted molar refractivity (Wildman–Crippen MR) is 141 cm³/mol. The Morgan fingerprint density at radius 1 is 1.00 bits per heavy atom. The molecule has 4 aromatic rings. The van der Waals surface area contributed by atoms with E-state index in [1.165, 1.54) is 12.1 Å². The summed E-state index contributed by atoms with van der Waals surface area (Å²) >= 11 is 5.94. The van der Waals surface area contributed by atoms with E-state index in [4.69, 9.17) is 20.9 Å². The van der Waals surface area contributed by atoms with E-state index < -0.39 is 15.4 Å². The number of anilines is 1. The summed E-state index contributed by atoms with van der Waals surface area (Å²) in [6.07, 6.45) is 0.117. The Hall–Kier alpha value is -3.69. The second-order valence-corrected chi connectivity index (χ2v) is 11.6. The van der Waals surface area contributed by atoms with Gasteiger partial charge in [-0.15, -0.1) is 0 Å². The van der Waals surface area contributed by atoms with E-state index in [0.717, 1.165) is 5.56 Å². The number of hydrogen-bond acceptors (Lipinski definition) is 7. The van der Waals surface area contributed by atoms with Crippen molar-refractivity contribution in [2.75, 3.05) is 11.1 Å². The van der Waals surface area contributed by atoms with Crippen molar-refractivity contribution in [3.8, 4) is 17.2 Å². The molecule has 8 nitrogen and oxygen atoms in total. The molecule has 4 rings (SSSR count). The highest BCUT2D eigenvalue weighted by Gasteiger charge is 2.29. The van der Waals surface area contributed by atoms with Crippen LogP contribution in [0.15, 0.2) is 82.2 Å². The molecule has 0 radical (unpaired) electrons. The van der Waals surface area contributed by atoms with Gasteiger partial charge in [-0.05, 0) is 80.1 Å². The summed E-state index contributed by atoms with van der Waals surface area (Å²) in [7, 11) is -3.27. The molecule has 0 spiro atoms. The minimum atomic E-state index is -3.27. The van der Waals surface area contributed by atoms with Crippen LogP contribution >= 0.6 is 11.6 Å². The first-order valence-corrected chi connectivity index (χ1v) is 13.6. The number of carbonyl (C=O) groups is 1. The van der Waals surface area contributed by atoms with E-state index >= 15 is 0 Å². The molecule has 0 bridgehead atoms. The van der Waals surface area contributed by atoms with Crippen molar-refractivity contribution in [2.45, 2.75) is 37.7 Å². The summed E-state index contributed by atoms with van der Waals surface area (Å²) in [6, 6.07) is 20.4. The fraction of sp³-hybridized carbons (Fsp3) is 0.222. The topological polar surface area (TPSA) is 111 Å². The highest BCUT2D eigenvalue weighted by atomic mass is 35.5. The molecular formula is C27H26ClN3O5S. The van der Waals surface area contributed by atoms with Gasteiger partial charge in [0.25, 0.3) is 5.89 Å². The number of hydrogen-bond donors (Lipinski definition) is 1. The molecule has 1 N–H and O–H groups in total. The maximum atomic E-state index is 12.5. The van der Waals surface area contributed by atoms with Crippen LogP contribution in [0.4, 0.5) is 5.69 Å². The highest BCUT2D eigenvalue weighted by molar-refractivity contribution is 7.91. The quantitative estimate of drug-likeness (QED) is 0.291. The highest BCUT2D eigenvalue weighted by Crippen LogP contribution is 2.29. The SMILES string of the molecule is CCS(=O)(=O)c1ccc(CC(=O)Nc2ccc(OC(C)(C)c3noc(-c4ccc(Cl)cc4)n3)cc2)cc1. The van der Waals surface area contributed by atoms with Gasteiger partial charge in [-0.1, -0.05) is 35.8 Å². The molecule has 0 atom stereocenters. The van der Waals surface area contributed by atoms with E-state index in [9.17, 15) is 13.2 Å². The van der Waals surface area contributed by atoms with Crippen molar-refractivity contribution in [1.82, 2.24) is 10.1 Å². The average Bonchev–Trinajstić information content (AvgIpc) is 3.37. The Bertz CT molecular complexity index is 1480. The second-order valence-electron chi connectivity index (χ2n) is 8.84. The second kappa shape index (κ2) is 10.7. The lowest BCUT2D eigenvalue weighted by molar-refractivity contribution is -0.115. The van der Waals surface area contributed by atoms with E-state index in [1.54, 1.807) is 67.6 Å². The summed E-state index contributed by atoms with van der Waals surface area (Å²) in [5.74, 6) is 1.12. The molecule has 37 heavy (non-hydrogen) atoms. The third-order valence-electron chi connectivity index (χ3n) is 5.59. The third-order valence-corrected chi connectivity index (χ3v) is 7.60. The van der Waals surface area contributed by atoms with Gasteiger partial charge in [0.2, 0.25) is 11.7 Å². The van der Waals surface area contributed by atoms with Crippen LogP contribution in [0.2, 0.25) is 5.02 Å². The first kappa shape index (κ1) is 26.4. The standard InChI is InChI=1S/C27H26ClN3O5S/c1-4-37(33,34)23-15-5-18(6-16-23)17-24(32)29-21-11-13-22(14-12-21)35-27(2,3)26-30-25(36-31-26)19-7-9-20(28)10-8-19/h5-16H,4,17H2,1-3H3,(H,29,32). The van der Waals surface area contributed by atoms with E-state index in [1.807, 2.05) is 13.8 Å². The van der Waals surface area contributed by atoms with Crippen LogP contribution in [0.1, 0.15) is 32.2 Å². The molecule has 1 aromatic heterocycles. The van der Waals surface area contributed by atoms with Crippen molar-refractivity contribution >= 4 is 33.0 Å². The molecule has 0 saturated heterocycles. The fourth-order valence-corrected chi connectivity index (χ4v) is 4.51. The van der Waals surface area contributed by atoms with Crippen molar-refractivity contribution in [1.29, 1.82) is 0 Å². The van der Waals surface area contributed by atoms with Crippen LogP contribution in [-0.2, 0) is 26.7 Å². The van der Waals surface area contributed by atoms with Gasteiger partial charge in [0, 0.05) is 16.3 Å². The summed E-state index contributed by atoms with van der Waals surface area (Å²) < 4.78 is 35.4. The molecule has 0 aliphatic rings. The lowest BCUT2D eigenvalue weighted by atomic mass is 10.1. The Balaban J connectivity index is 1.35. The fourth-order valence-electron chi connectivity index (χ4n) is 3.50. The zero-order valence-electron chi connectivity index (χ0n) is 20.6. The third kappa shape index (κ3) is 6.55. The Morgan fingerprint density at radius 3 is 2.27 bits per heavy atom. The molecule has 0 saturated carbocycles. The van der Waals surface area contributed by atoms with Gasteiger partial charge in [0.05, 0.1) is 17.1 Å². The Labute approximate surface area is 220 Å². The number of rotatable bonds is 9. The van der Waals surface area contributed by atoms with Gasteiger partial charge < -0.3 is 14.6 Å². The number of benzene rings is 3. The number of aromatic nitrogens is 2. The van der Waals surface area contributed by atoms with Crippen LogP contribution in [0.5, 0.6) is 5.75 Å². The summed E-state index contributed by atoms with van der Waals surface area (Å²) in [6.45, 7) is 5.25. The molecule has 0 aliphatic carbocycles. The molecule has 10 heteroatoms. The van der Waals surface area contributed by atoms with Crippen LogP contribution in [0.3, 0.4) is 0 Å². The molecular weight excluding hydrogens is 514 g/mol. The van der Waals surface area contributed by atoms with Crippen LogP contribution in [0.25, 0.3) is 11.5 Å². The summed E-state index contributed by atoms with van der Waals surface area (Å²) in [4.78, 5) is 17.2. The lowest BCUT2D eigenvalue weighted by Crippen LogP contribution is -2.26. The largest absolute Gasteiger partial charge is 0.480 e. The number of halogens is 1. The minimum Gasteiger partial charge on any atom is -0.480 e. The van der Waals surface area contributed by atoms with Gasteiger partial charge in [-0.25, -0.2) is 8.42 Å². The van der Waals surface area contributed by atoms with E-state index in [0.29, 0.717) is 33.7 Å². The Kier molecular flexibility index (Phi) is 7.65. The molecule has 0 fully saturated rings. The van der Waals surface area contributed by atoms with Crippen LogP contribution in [-0.4, -0.2) is 30.2 Å². The zero-order valence-corrected chi connectivity index (χ0v) is 22.1. The Morgan fingerprint density at radius 2 is 1.65 bits per heavy atom. The summed E-state index contributed by atoms with van der Waals surface area (Å²) in [5.41, 5.74) is 1.19. The predicted octanol–water partition coefficient (Wildman–Crippen LogP) is 5.68. The van der Waals surface area contributed by atoms with E-state index in [-0.39, 0.29) is 23.0 Å². The molecule has 192 valence electrons. The zero-order chi connectivity index (χ0) is 26.6. The van der Waals surface area contributed by atoms with Crippen LogP contribution < -0.4 is 10.1 Å². The molecule has 0 aliphatic heterocycles. The number of sulfone groups is 1. The number of ether oxygens (including phenoxy) is 1. The first-order valence-electron chi connectivity index (χ1n) is 11.6. The van der Waals surface area contributed by atoms with Gasteiger partial charge in [0.15, 0.2) is 15.4 Å². The average molecular weight is 540 g/mol. The van der Waals surface area contributed by atoms with Crippen molar-refractivity contribution < 1.29 is 22.5 Å². The van der Waals surface area contributed by atoms with Gasteiger partial charge >= 0.3 is 0 Å². The molecule has 3 aromatic carbocycles. The maximum Gasteiger partial charge on any atom is 0.258 e. The van der Waals surface area contributed by atoms with Crippen LogP contribution in [0, 0.1) is 0 Å². The number of nitrogens with one attached hydrogen (secondary N) is 1. The van der Waals surface area contributed by atoms with Gasteiger partial charge in [-0.3, -0.25) is 4.79 Å². The molecule has 0 unspecified atom stereocenters. The first-order chi connectivity index (χ1) is 17.6. The maximum absolute atomic E-state index is 12.5. The molecule has 1 heterocycles. The normalized spacial score (nSPS) is 11.8. The minimum absolute atomic E-state index is 0.0310. The number of carbonyl (C=O) groups excluding carboxylic acids is 1. The lowest BCUT2D eigenvalue weighted by Gasteiger charge is -2.22. The van der Waals surface area contributed by atoms with Crippen molar-refractivity contribution in [2.24, 2.45) is 0 Å². The van der Waals surface area contributed by atoms with Crippen molar-refractivity contribution in [3.05, 3.63) is 89.2 Å². The monoisotopic (exact) mass is 539 g/mol. The van der Waals surface area contributed by atoms with E-state index in [2.05, 4.69) is 15.5 Å². The number of nitrogens with zero attached hydrogens (tertiary/aromatic N) is 2. The molecule has 1 amide bonds. The van der Waals surface area contributed by atoms with Gasteiger partial charge in [0.1, 0.15) is 5.75 Å². The summed E-state index contributed by atoms with van der Waals surface area (Å²) in [5, 5.41) is 7.52. The van der Waals surface area contributed by atoms with Gasteiger partial charge in [-0.2, -0.15) is 4.98 Å². The van der Waals surface area contributed by atoms with Crippen molar-refractivity contribution in [3.63, 3.8) is 0 Å². The smallest absolute Gasteiger partial charge is 0.258 e.